The van der Waals surface area contributed by atoms with E-state index in [1.807, 2.05) is 0 Å². The van der Waals surface area contributed by atoms with Crippen LogP contribution in [0.5, 0.6) is 0 Å². The van der Waals surface area contributed by atoms with Crippen molar-refractivity contribution in [3.63, 3.8) is 0 Å². The lowest BCUT2D eigenvalue weighted by Gasteiger charge is -2.04. The minimum atomic E-state index is -0.714. The number of aromatic nitrogens is 1. The van der Waals surface area contributed by atoms with Crippen molar-refractivity contribution in [1.82, 2.24) is 4.98 Å². The summed E-state index contributed by atoms with van der Waals surface area (Å²) in [5.74, 6) is -0.714. The average Bonchev–Trinajstić information content (AvgIpc) is 2.42. The number of nitrogens with one attached hydrogen (secondary N) is 1. The predicted octanol–water partition coefficient (Wildman–Crippen LogP) is 1.74. The molecule has 1 aromatic heterocycles. The predicted molar refractivity (Wildman–Crippen MR) is 69.4 cm³/mol. The van der Waals surface area contributed by atoms with E-state index >= 15 is 0 Å². The zero-order valence-corrected chi connectivity index (χ0v) is 11.0. The van der Waals surface area contributed by atoms with E-state index in [-0.39, 0.29) is 18.8 Å². The number of ether oxygens (including phenoxy) is 2. The van der Waals surface area contributed by atoms with Gasteiger partial charge in [-0.2, -0.15) is 5.26 Å². The fourth-order valence-corrected chi connectivity index (χ4v) is 1.16. The Labute approximate surface area is 115 Å². The first-order valence-corrected chi connectivity index (χ1v) is 5.69. The molecule has 0 aliphatic rings. The quantitative estimate of drug-likeness (QED) is 0.281. The van der Waals surface area contributed by atoms with Gasteiger partial charge in [-0.15, -0.1) is 0 Å². The molecular weight excluding hydrogens is 270 g/mol. The summed E-state index contributed by atoms with van der Waals surface area (Å²) in [7, 11) is 1.49. The van der Waals surface area contributed by atoms with Gasteiger partial charge in [0, 0.05) is 13.3 Å². The Morgan fingerprint density at radius 1 is 1.58 bits per heavy atom. The first-order chi connectivity index (χ1) is 9.17. The highest BCUT2D eigenvalue weighted by molar-refractivity contribution is 6.29. The third-order valence-electron chi connectivity index (χ3n) is 1.97. The Morgan fingerprint density at radius 3 is 2.95 bits per heavy atom. The van der Waals surface area contributed by atoms with E-state index in [0.29, 0.717) is 10.8 Å². The average molecular weight is 282 g/mol. The molecule has 6 nitrogen and oxygen atoms in total. The largest absolute Gasteiger partial charge is 0.459 e. The van der Waals surface area contributed by atoms with Crippen LogP contribution in [-0.4, -0.2) is 31.3 Å². The molecule has 0 aliphatic carbocycles. The van der Waals surface area contributed by atoms with Crippen molar-refractivity contribution in [2.75, 3.05) is 25.6 Å². The number of carbonyl (C=O) groups excluding carboxylic acids is 1. The summed E-state index contributed by atoms with van der Waals surface area (Å²) >= 11 is 5.63. The minimum Gasteiger partial charge on any atom is -0.459 e. The van der Waals surface area contributed by atoms with Crippen LogP contribution in [0, 0.1) is 11.3 Å². The normalized spacial score (nSPS) is 10.7. The van der Waals surface area contributed by atoms with Crippen molar-refractivity contribution in [1.29, 1.82) is 5.26 Å². The van der Waals surface area contributed by atoms with E-state index in [9.17, 15) is 4.79 Å². The number of pyridine rings is 1. The monoisotopic (exact) mass is 281 g/mol. The second-order valence-corrected chi connectivity index (χ2v) is 3.70. The van der Waals surface area contributed by atoms with Crippen LogP contribution in [-0.2, 0) is 14.3 Å². The topological polar surface area (TPSA) is 84.2 Å². The maximum absolute atomic E-state index is 11.5. The molecule has 0 amide bonds. The zero-order chi connectivity index (χ0) is 14.1. The number of halogens is 1. The van der Waals surface area contributed by atoms with Gasteiger partial charge in [0.05, 0.1) is 18.5 Å². The van der Waals surface area contributed by atoms with Crippen LogP contribution in [0.4, 0.5) is 5.69 Å². The molecule has 19 heavy (non-hydrogen) atoms. The molecule has 0 bridgehead atoms. The first kappa shape index (κ1) is 15.0. The van der Waals surface area contributed by atoms with Gasteiger partial charge in [-0.3, -0.25) is 0 Å². The van der Waals surface area contributed by atoms with Crippen LogP contribution < -0.4 is 5.32 Å². The number of carbonyl (C=O) groups is 1. The van der Waals surface area contributed by atoms with Crippen molar-refractivity contribution in [2.24, 2.45) is 0 Å². The highest BCUT2D eigenvalue weighted by Gasteiger charge is 2.09. The Hall–Kier alpha value is -2.10. The van der Waals surface area contributed by atoms with Gasteiger partial charge in [-0.1, -0.05) is 11.6 Å². The lowest BCUT2D eigenvalue weighted by Crippen LogP contribution is -2.12. The third-order valence-corrected chi connectivity index (χ3v) is 2.20. The molecule has 1 N–H and O–H groups in total. The molecule has 0 saturated carbocycles. The molecular formula is C12H12ClN3O3. The van der Waals surface area contributed by atoms with Gasteiger partial charge >= 0.3 is 5.97 Å². The Kier molecular flexibility index (Phi) is 6.36. The highest BCUT2D eigenvalue weighted by atomic mass is 35.5. The van der Waals surface area contributed by atoms with Crippen molar-refractivity contribution < 1.29 is 14.3 Å². The van der Waals surface area contributed by atoms with Crippen molar-refractivity contribution >= 4 is 23.3 Å². The molecule has 0 spiro atoms. The van der Waals surface area contributed by atoms with Crippen LogP contribution in [0.3, 0.4) is 0 Å². The molecule has 7 heteroatoms. The van der Waals surface area contributed by atoms with Gasteiger partial charge in [-0.05, 0) is 12.1 Å². The second-order valence-electron chi connectivity index (χ2n) is 3.31. The van der Waals surface area contributed by atoms with Gasteiger partial charge < -0.3 is 14.8 Å². The number of nitrogens with zero attached hydrogens (tertiary/aromatic N) is 2. The number of esters is 1. The summed E-state index contributed by atoms with van der Waals surface area (Å²) in [6, 6.07) is 4.99. The van der Waals surface area contributed by atoms with E-state index < -0.39 is 5.97 Å². The van der Waals surface area contributed by atoms with E-state index in [4.69, 9.17) is 26.3 Å². The number of methoxy groups -OCH3 is 1. The molecule has 0 aromatic carbocycles. The second kappa shape index (κ2) is 8.08. The molecule has 1 heterocycles. The summed E-state index contributed by atoms with van der Waals surface area (Å²) in [5.41, 5.74) is 0.452. The van der Waals surface area contributed by atoms with Crippen LogP contribution in [0.2, 0.25) is 5.15 Å². The molecule has 0 radical (unpaired) electrons. The number of rotatable bonds is 6. The van der Waals surface area contributed by atoms with Crippen LogP contribution in [0.25, 0.3) is 0 Å². The van der Waals surface area contributed by atoms with E-state index in [0.717, 1.165) is 0 Å². The lowest BCUT2D eigenvalue weighted by molar-refractivity contribution is -0.139. The van der Waals surface area contributed by atoms with Gasteiger partial charge in [0.2, 0.25) is 0 Å². The van der Waals surface area contributed by atoms with E-state index in [1.54, 1.807) is 18.2 Å². The summed E-state index contributed by atoms with van der Waals surface area (Å²) in [6.45, 7) is 0.371. The standard InChI is InChI=1S/C12H12ClN3O3/c1-18-4-5-19-12(17)9(6-14)7-15-10-2-3-11(13)16-8-10/h2-3,7-8,15H,4-5H2,1H3. The zero-order valence-electron chi connectivity index (χ0n) is 10.2. The number of nitriles is 1. The Morgan fingerprint density at radius 2 is 2.37 bits per heavy atom. The maximum atomic E-state index is 11.5. The number of anilines is 1. The smallest absolute Gasteiger partial charge is 0.350 e. The molecule has 0 atom stereocenters. The van der Waals surface area contributed by atoms with Crippen molar-refractivity contribution in [2.45, 2.75) is 0 Å². The SMILES string of the molecule is COCCOC(=O)C(C#N)=CNc1ccc(Cl)nc1. The number of hydrogen-bond acceptors (Lipinski definition) is 6. The fraction of sp³-hybridized carbons (Fsp3) is 0.250. The van der Waals surface area contributed by atoms with E-state index in [2.05, 4.69) is 10.3 Å². The fourth-order valence-electron chi connectivity index (χ4n) is 1.05. The van der Waals surface area contributed by atoms with Crippen molar-refractivity contribution in [3.8, 4) is 6.07 Å². The van der Waals surface area contributed by atoms with Gasteiger partial charge in [0.15, 0.2) is 5.57 Å². The van der Waals surface area contributed by atoms with Crippen LogP contribution >= 0.6 is 11.6 Å². The minimum absolute atomic E-state index is 0.0941. The van der Waals surface area contributed by atoms with Crippen LogP contribution in [0.1, 0.15) is 0 Å². The molecule has 0 unspecified atom stereocenters. The van der Waals surface area contributed by atoms with Gasteiger partial charge in [0.1, 0.15) is 17.8 Å². The molecule has 1 aromatic rings. The summed E-state index contributed by atoms with van der Waals surface area (Å²) in [6.07, 6.45) is 2.73. The first-order valence-electron chi connectivity index (χ1n) is 5.31. The molecule has 0 saturated heterocycles. The maximum Gasteiger partial charge on any atom is 0.350 e. The third kappa shape index (κ3) is 5.38. The highest BCUT2D eigenvalue weighted by Crippen LogP contribution is 2.10. The van der Waals surface area contributed by atoms with Gasteiger partial charge in [0.25, 0.3) is 0 Å². The Bertz CT molecular complexity index is 494. The summed E-state index contributed by atoms with van der Waals surface area (Å²) in [5, 5.41) is 12.0. The Balaban J connectivity index is 2.59. The summed E-state index contributed by atoms with van der Waals surface area (Å²) < 4.78 is 9.54. The van der Waals surface area contributed by atoms with Gasteiger partial charge in [-0.25, -0.2) is 9.78 Å². The number of hydrogen-bond donors (Lipinski definition) is 1. The molecule has 100 valence electrons. The molecule has 0 aliphatic heterocycles. The summed E-state index contributed by atoms with van der Waals surface area (Å²) in [4.78, 5) is 15.3. The van der Waals surface area contributed by atoms with Crippen molar-refractivity contribution in [3.05, 3.63) is 35.3 Å². The van der Waals surface area contributed by atoms with E-state index in [1.165, 1.54) is 19.5 Å². The molecule has 1 rings (SSSR count). The molecule has 0 fully saturated rings. The van der Waals surface area contributed by atoms with Crippen LogP contribution in [0.15, 0.2) is 30.1 Å². The lowest BCUT2D eigenvalue weighted by atomic mass is 10.3.